The van der Waals surface area contributed by atoms with E-state index >= 15 is 0 Å². The molecule has 1 saturated heterocycles. The smallest absolute Gasteiger partial charge is 0.269 e. The third-order valence-electron chi connectivity index (χ3n) is 4.40. The van der Waals surface area contributed by atoms with Crippen LogP contribution in [0.5, 0.6) is 0 Å². The first-order valence-electron chi connectivity index (χ1n) is 8.40. The van der Waals surface area contributed by atoms with Gasteiger partial charge in [0.05, 0.1) is 10.6 Å². The molecule has 0 bridgehead atoms. The van der Waals surface area contributed by atoms with Crippen LogP contribution in [0.25, 0.3) is 5.69 Å². The Morgan fingerprint density at radius 2 is 2.00 bits per heavy atom. The summed E-state index contributed by atoms with van der Waals surface area (Å²) in [5.74, 6) is 0.768. The minimum absolute atomic E-state index is 0.0477. The summed E-state index contributed by atoms with van der Waals surface area (Å²) in [5.41, 5.74) is 2.35. The van der Waals surface area contributed by atoms with Gasteiger partial charge in [-0.05, 0) is 42.0 Å². The number of amides is 1. The van der Waals surface area contributed by atoms with Crippen molar-refractivity contribution in [1.82, 2.24) is 14.7 Å². The van der Waals surface area contributed by atoms with Crippen LogP contribution in [-0.4, -0.2) is 37.8 Å². The van der Waals surface area contributed by atoms with Crippen LogP contribution in [0.3, 0.4) is 0 Å². The van der Waals surface area contributed by atoms with Crippen molar-refractivity contribution in [2.75, 3.05) is 12.3 Å². The van der Waals surface area contributed by atoms with E-state index in [-0.39, 0.29) is 17.0 Å². The zero-order valence-electron chi connectivity index (χ0n) is 14.3. The van der Waals surface area contributed by atoms with Crippen LogP contribution in [0.2, 0.25) is 0 Å². The van der Waals surface area contributed by atoms with Gasteiger partial charge in [-0.25, -0.2) is 4.68 Å². The first-order chi connectivity index (χ1) is 13.1. The molecule has 3 aromatic rings. The van der Waals surface area contributed by atoms with E-state index in [1.807, 2.05) is 35.4 Å². The van der Waals surface area contributed by atoms with Gasteiger partial charge in [0.15, 0.2) is 0 Å². The molecule has 0 aliphatic carbocycles. The molecule has 0 radical (unpaired) electrons. The van der Waals surface area contributed by atoms with Gasteiger partial charge in [0, 0.05) is 42.4 Å². The number of carbonyl (C=O) groups is 1. The third kappa shape index (κ3) is 3.43. The molecular weight excluding hydrogens is 364 g/mol. The maximum absolute atomic E-state index is 13.1. The molecule has 0 spiro atoms. The maximum Gasteiger partial charge on any atom is 0.269 e. The van der Waals surface area contributed by atoms with Crippen molar-refractivity contribution in [1.29, 1.82) is 0 Å². The van der Waals surface area contributed by atoms with E-state index in [1.165, 1.54) is 12.1 Å². The molecule has 2 aromatic carbocycles. The number of hydrogen-bond acceptors (Lipinski definition) is 5. The van der Waals surface area contributed by atoms with E-state index in [0.29, 0.717) is 12.1 Å². The fraction of sp³-hybridized carbons (Fsp3) is 0.158. The second-order valence-electron chi connectivity index (χ2n) is 6.07. The van der Waals surface area contributed by atoms with Crippen molar-refractivity contribution in [3.8, 4) is 5.69 Å². The van der Waals surface area contributed by atoms with Gasteiger partial charge >= 0.3 is 0 Å². The van der Waals surface area contributed by atoms with Crippen molar-refractivity contribution in [3.63, 3.8) is 0 Å². The predicted molar refractivity (Wildman–Crippen MR) is 103 cm³/mol. The van der Waals surface area contributed by atoms with Crippen molar-refractivity contribution < 1.29 is 9.72 Å². The summed E-state index contributed by atoms with van der Waals surface area (Å²) in [7, 11) is 0. The molecule has 1 aliphatic rings. The largest absolute Gasteiger partial charge is 0.322 e. The van der Waals surface area contributed by atoms with Gasteiger partial charge in [0.25, 0.3) is 11.6 Å². The number of aromatic nitrogens is 2. The van der Waals surface area contributed by atoms with Gasteiger partial charge in [0.1, 0.15) is 5.37 Å². The molecule has 1 atom stereocenters. The second kappa shape index (κ2) is 7.24. The number of thioether (sulfide) groups is 1. The molecule has 27 heavy (non-hydrogen) atoms. The van der Waals surface area contributed by atoms with Gasteiger partial charge in [-0.15, -0.1) is 11.8 Å². The van der Waals surface area contributed by atoms with Crippen molar-refractivity contribution in [2.45, 2.75) is 5.37 Å². The average molecular weight is 380 g/mol. The number of rotatable bonds is 4. The fourth-order valence-corrected chi connectivity index (χ4v) is 4.34. The third-order valence-corrected chi connectivity index (χ3v) is 5.66. The lowest BCUT2D eigenvalue weighted by molar-refractivity contribution is -0.384. The maximum atomic E-state index is 13.1. The Kier molecular flexibility index (Phi) is 4.64. The van der Waals surface area contributed by atoms with Crippen molar-refractivity contribution >= 4 is 23.4 Å². The SMILES string of the molecule is O=C(c1cccc(-n2cccn2)c1)N1CCSC1c1ccc([N+](=O)[O-])cc1. The first-order valence-corrected chi connectivity index (χ1v) is 9.45. The van der Waals surface area contributed by atoms with E-state index in [0.717, 1.165) is 17.0 Å². The molecule has 1 aromatic heterocycles. The molecule has 1 amide bonds. The van der Waals surface area contributed by atoms with Crippen LogP contribution in [0, 0.1) is 10.1 Å². The topological polar surface area (TPSA) is 81.3 Å². The Labute approximate surface area is 159 Å². The van der Waals surface area contributed by atoms with Gasteiger partial charge in [0.2, 0.25) is 0 Å². The lowest BCUT2D eigenvalue weighted by Gasteiger charge is -2.24. The number of carbonyl (C=O) groups excluding carboxylic acids is 1. The molecule has 0 saturated carbocycles. The number of nitro groups is 1. The van der Waals surface area contributed by atoms with E-state index < -0.39 is 4.92 Å². The number of non-ortho nitro benzene ring substituents is 1. The van der Waals surface area contributed by atoms with Crippen molar-refractivity contribution in [2.24, 2.45) is 0 Å². The quantitative estimate of drug-likeness (QED) is 0.510. The van der Waals surface area contributed by atoms with Crippen LogP contribution >= 0.6 is 11.8 Å². The lowest BCUT2D eigenvalue weighted by Crippen LogP contribution is -2.30. The average Bonchev–Trinajstić information content (AvgIpc) is 3.39. The molecule has 8 heteroatoms. The molecule has 4 rings (SSSR count). The second-order valence-corrected chi connectivity index (χ2v) is 7.26. The van der Waals surface area contributed by atoms with Gasteiger partial charge in [-0.2, -0.15) is 5.10 Å². The van der Waals surface area contributed by atoms with Crippen LogP contribution in [0.15, 0.2) is 67.0 Å². The predicted octanol–water partition coefficient (Wildman–Crippen LogP) is 3.67. The molecule has 1 unspecified atom stereocenters. The standard InChI is InChI=1S/C19H16N4O3S/c24-18(15-3-1-4-17(13-15)22-10-2-9-20-22)21-11-12-27-19(21)14-5-7-16(8-6-14)23(25)26/h1-10,13,19H,11-12H2. The summed E-state index contributed by atoms with van der Waals surface area (Å²) in [6, 6.07) is 15.6. The highest BCUT2D eigenvalue weighted by Gasteiger charge is 2.31. The van der Waals surface area contributed by atoms with Gasteiger partial charge in [-0.1, -0.05) is 6.07 Å². The summed E-state index contributed by atoms with van der Waals surface area (Å²) in [6.07, 6.45) is 3.52. The zero-order chi connectivity index (χ0) is 18.8. The number of nitrogens with zero attached hydrogens (tertiary/aromatic N) is 4. The minimum Gasteiger partial charge on any atom is -0.322 e. The minimum atomic E-state index is -0.421. The van der Waals surface area contributed by atoms with Gasteiger partial charge in [-0.3, -0.25) is 14.9 Å². The Balaban J connectivity index is 1.59. The van der Waals surface area contributed by atoms with E-state index in [2.05, 4.69) is 5.10 Å². The zero-order valence-corrected chi connectivity index (χ0v) is 15.1. The Hall–Kier alpha value is -3.13. The monoisotopic (exact) mass is 380 g/mol. The van der Waals surface area contributed by atoms with Crippen LogP contribution in [-0.2, 0) is 0 Å². The molecule has 136 valence electrons. The molecule has 1 aliphatic heterocycles. The molecule has 1 fully saturated rings. The summed E-state index contributed by atoms with van der Waals surface area (Å²) in [6.45, 7) is 0.636. The summed E-state index contributed by atoms with van der Waals surface area (Å²) < 4.78 is 1.71. The van der Waals surface area contributed by atoms with Gasteiger partial charge < -0.3 is 4.90 Å². The summed E-state index contributed by atoms with van der Waals surface area (Å²) >= 11 is 1.66. The summed E-state index contributed by atoms with van der Waals surface area (Å²) in [4.78, 5) is 25.3. The summed E-state index contributed by atoms with van der Waals surface area (Å²) in [5, 5.41) is 14.9. The Morgan fingerprint density at radius 1 is 1.19 bits per heavy atom. The highest BCUT2D eigenvalue weighted by molar-refractivity contribution is 7.99. The number of benzene rings is 2. The highest BCUT2D eigenvalue weighted by atomic mass is 32.2. The molecule has 0 N–H and O–H groups in total. The van der Waals surface area contributed by atoms with Crippen LogP contribution in [0.1, 0.15) is 21.3 Å². The first kappa shape index (κ1) is 17.3. The van der Waals surface area contributed by atoms with E-state index in [1.54, 1.807) is 40.8 Å². The molecule has 2 heterocycles. The lowest BCUT2D eigenvalue weighted by atomic mass is 10.1. The molecule has 7 nitrogen and oxygen atoms in total. The number of nitro benzene ring substituents is 1. The highest BCUT2D eigenvalue weighted by Crippen LogP contribution is 2.39. The molecular formula is C19H16N4O3S. The fourth-order valence-electron chi connectivity index (χ4n) is 3.08. The Morgan fingerprint density at radius 3 is 2.70 bits per heavy atom. The van der Waals surface area contributed by atoms with Crippen molar-refractivity contribution in [3.05, 3.63) is 88.2 Å². The Bertz CT molecular complexity index is 973. The van der Waals surface area contributed by atoms with E-state index in [9.17, 15) is 14.9 Å². The van der Waals surface area contributed by atoms with Crippen LogP contribution in [0.4, 0.5) is 5.69 Å². The number of hydrogen-bond donors (Lipinski definition) is 0. The van der Waals surface area contributed by atoms with Crippen LogP contribution < -0.4 is 0 Å². The normalized spacial score (nSPS) is 16.4. The van der Waals surface area contributed by atoms with E-state index in [4.69, 9.17) is 0 Å².